The van der Waals surface area contributed by atoms with Crippen molar-refractivity contribution in [3.05, 3.63) is 60.7 Å². The molecule has 1 amide bonds. The zero-order chi connectivity index (χ0) is 23.0. The van der Waals surface area contributed by atoms with Gasteiger partial charge in [0.2, 0.25) is 5.88 Å². The van der Waals surface area contributed by atoms with E-state index >= 15 is 0 Å². The minimum atomic E-state index is -0.273. The van der Waals surface area contributed by atoms with Crippen molar-refractivity contribution in [2.45, 2.75) is 0 Å². The molecule has 0 saturated carbocycles. The number of nitrogens with one attached hydrogen (secondary N) is 1. The Bertz CT molecular complexity index is 1240. The van der Waals surface area contributed by atoms with Gasteiger partial charge in [-0.15, -0.1) is 15.3 Å². The SMILES string of the molecule is COc1ccccc1OCC(=O)NCCOc1ccc2nnc(-c3ccccc3OC)n2n1. The number of para-hydroxylation sites is 3. The van der Waals surface area contributed by atoms with E-state index in [2.05, 4.69) is 20.6 Å². The van der Waals surface area contributed by atoms with Crippen LogP contribution >= 0.6 is 0 Å². The van der Waals surface area contributed by atoms with Crippen LogP contribution in [0.25, 0.3) is 17.0 Å². The number of nitrogens with zero attached hydrogens (tertiary/aromatic N) is 4. The number of amides is 1. The quantitative estimate of drug-likeness (QED) is 0.368. The Kier molecular flexibility index (Phi) is 6.84. The lowest BCUT2D eigenvalue weighted by atomic mass is 10.2. The van der Waals surface area contributed by atoms with Crippen LogP contribution in [0.2, 0.25) is 0 Å². The summed E-state index contributed by atoms with van der Waals surface area (Å²) in [6.07, 6.45) is 0. The van der Waals surface area contributed by atoms with Crippen LogP contribution in [0, 0.1) is 0 Å². The average molecular weight is 449 g/mol. The fraction of sp³-hybridized carbons (Fsp3) is 0.217. The highest BCUT2D eigenvalue weighted by molar-refractivity contribution is 5.77. The lowest BCUT2D eigenvalue weighted by Crippen LogP contribution is -2.32. The Morgan fingerprint density at radius 3 is 2.39 bits per heavy atom. The van der Waals surface area contributed by atoms with Crippen LogP contribution in [-0.4, -0.2) is 59.7 Å². The van der Waals surface area contributed by atoms with Crippen LogP contribution in [0.3, 0.4) is 0 Å². The molecule has 0 aliphatic carbocycles. The van der Waals surface area contributed by atoms with Crippen LogP contribution in [0.15, 0.2) is 60.7 Å². The Labute approximate surface area is 190 Å². The van der Waals surface area contributed by atoms with E-state index in [1.165, 1.54) is 0 Å². The highest BCUT2D eigenvalue weighted by atomic mass is 16.5. The summed E-state index contributed by atoms with van der Waals surface area (Å²) in [5.74, 6) is 2.37. The maximum absolute atomic E-state index is 12.0. The minimum absolute atomic E-state index is 0.131. The first-order valence-corrected chi connectivity index (χ1v) is 10.2. The van der Waals surface area contributed by atoms with Crippen LogP contribution in [0.1, 0.15) is 0 Å². The maximum Gasteiger partial charge on any atom is 0.258 e. The van der Waals surface area contributed by atoms with Crippen molar-refractivity contribution < 1.29 is 23.7 Å². The molecule has 2 aromatic heterocycles. The fourth-order valence-corrected chi connectivity index (χ4v) is 3.12. The topological polar surface area (TPSA) is 109 Å². The molecule has 2 heterocycles. The molecule has 0 saturated heterocycles. The lowest BCUT2D eigenvalue weighted by molar-refractivity contribution is -0.123. The second-order valence-corrected chi connectivity index (χ2v) is 6.80. The number of hydrogen-bond acceptors (Lipinski definition) is 8. The third kappa shape index (κ3) is 5.12. The number of aromatic nitrogens is 4. The zero-order valence-corrected chi connectivity index (χ0v) is 18.2. The van der Waals surface area contributed by atoms with Crippen molar-refractivity contribution in [3.63, 3.8) is 0 Å². The highest BCUT2D eigenvalue weighted by Crippen LogP contribution is 2.28. The molecule has 2 aromatic carbocycles. The Balaban J connectivity index is 1.32. The monoisotopic (exact) mass is 449 g/mol. The minimum Gasteiger partial charge on any atom is -0.496 e. The van der Waals surface area contributed by atoms with Gasteiger partial charge in [-0.1, -0.05) is 24.3 Å². The summed E-state index contributed by atoms with van der Waals surface area (Å²) in [4.78, 5) is 12.0. The maximum atomic E-state index is 12.0. The van der Waals surface area contributed by atoms with E-state index in [9.17, 15) is 4.79 Å². The molecule has 0 unspecified atom stereocenters. The molecule has 0 aliphatic heterocycles. The molecule has 1 N–H and O–H groups in total. The van der Waals surface area contributed by atoms with Gasteiger partial charge < -0.3 is 24.3 Å². The molecule has 10 heteroatoms. The summed E-state index contributed by atoms with van der Waals surface area (Å²) in [5.41, 5.74) is 1.34. The number of rotatable bonds is 10. The smallest absolute Gasteiger partial charge is 0.258 e. The standard InChI is InChI=1S/C23H23N5O5/c1-30-17-8-4-3-7-16(17)23-26-25-20-11-12-22(27-28(20)23)32-14-13-24-21(29)15-33-19-10-6-5-9-18(19)31-2/h3-12H,13-15H2,1-2H3,(H,24,29). The zero-order valence-electron chi connectivity index (χ0n) is 18.2. The van der Waals surface area contributed by atoms with Gasteiger partial charge in [-0.05, 0) is 30.3 Å². The molecular weight excluding hydrogens is 426 g/mol. The van der Waals surface area contributed by atoms with E-state index in [1.807, 2.05) is 36.4 Å². The van der Waals surface area contributed by atoms with Gasteiger partial charge >= 0.3 is 0 Å². The van der Waals surface area contributed by atoms with Crippen LogP contribution in [0.4, 0.5) is 0 Å². The van der Waals surface area contributed by atoms with Crippen LogP contribution < -0.4 is 24.3 Å². The number of carbonyl (C=O) groups is 1. The van der Waals surface area contributed by atoms with Gasteiger partial charge in [0, 0.05) is 6.07 Å². The predicted molar refractivity (Wildman–Crippen MR) is 120 cm³/mol. The first kappa shape index (κ1) is 21.9. The van der Waals surface area contributed by atoms with E-state index in [1.54, 1.807) is 43.0 Å². The number of fused-ring (bicyclic) bond motifs is 1. The third-order valence-corrected chi connectivity index (χ3v) is 4.69. The van der Waals surface area contributed by atoms with E-state index in [0.29, 0.717) is 34.6 Å². The van der Waals surface area contributed by atoms with E-state index < -0.39 is 0 Å². The molecule has 4 aromatic rings. The number of hydrogen-bond donors (Lipinski definition) is 1. The number of carbonyl (C=O) groups excluding carboxylic acids is 1. The van der Waals surface area contributed by atoms with Crippen molar-refractivity contribution in [3.8, 4) is 34.5 Å². The molecule has 170 valence electrons. The largest absolute Gasteiger partial charge is 0.496 e. The summed E-state index contributed by atoms with van der Waals surface area (Å²) in [5, 5.41) is 15.6. The van der Waals surface area contributed by atoms with Gasteiger partial charge in [0.1, 0.15) is 12.4 Å². The Hall–Kier alpha value is -4.34. The molecule has 0 radical (unpaired) electrons. The molecule has 0 bridgehead atoms. The number of benzene rings is 2. The molecule has 33 heavy (non-hydrogen) atoms. The molecule has 0 aliphatic rings. The summed E-state index contributed by atoms with van der Waals surface area (Å²) in [6, 6.07) is 18.1. The highest BCUT2D eigenvalue weighted by Gasteiger charge is 2.14. The molecular formula is C23H23N5O5. The normalized spacial score (nSPS) is 10.6. The molecule has 0 fully saturated rings. The van der Waals surface area contributed by atoms with Gasteiger partial charge in [0.25, 0.3) is 5.91 Å². The van der Waals surface area contributed by atoms with Gasteiger partial charge in [0.05, 0.1) is 26.3 Å². The number of ether oxygens (including phenoxy) is 4. The molecule has 0 atom stereocenters. The van der Waals surface area contributed by atoms with E-state index in [4.69, 9.17) is 18.9 Å². The molecule has 4 rings (SSSR count). The van der Waals surface area contributed by atoms with Gasteiger partial charge in [0.15, 0.2) is 29.6 Å². The lowest BCUT2D eigenvalue weighted by Gasteiger charge is -2.11. The van der Waals surface area contributed by atoms with Gasteiger partial charge in [-0.25, -0.2) is 0 Å². The Morgan fingerprint density at radius 2 is 1.61 bits per heavy atom. The van der Waals surface area contributed by atoms with Gasteiger partial charge in [-0.3, -0.25) is 4.79 Å². The van der Waals surface area contributed by atoms with Gasteiger partial charge in [-0.2, -0.15) is 4.52 Å². The Morgan fingerprint density at radius 1 is 0.879 bits per heavy atom. The fourth-order valence-electron chi connectivity index (χ4n) is 3.12. The van der Waals surface area contributed by atoms with E-state index in [-0.39, 0.29) is 25.7 Å². The van der Waals surface area contributed by atoms with Crippen molar-refractivity contribution >= 4 is 11.6 Å². The van der Waals surface area contributed by atoms with Crippen molar-refractivity contribution in [1.29, 1.82) is 0 Å². The second kappa shape index (κ2) is 10.3. The third-order valence-electron chi connectivity index (χ3n) is 4.69. The van der Waals surface area contributed by atoms with Crippen LogP contribution in [0.5, 0.6) is 23.1 Å². The summed E-state index contributed by atoms with van der Waals surface area (Å²) < 4.78 is 23.4. The summed E-state index contributed by atoms with van der Waals surface area (Å²) in [7, 11) is 3.14. The van der Waals surface area contributed by atoms with Crippen molar-refractivity contribution in [2.24, 2.45) is 0 Å². The number of methoxy groups -OCH3 is 2. The first-order valence-electron chi connectivity index (χ1n) is 10.2. The summed E-state index contributed by atoms with van der Waals surface area (Å²) >= 11 is 0. The average Bonchev–Trinajstić information content (AvgIpc) is 3.28. The second-order valence-electron chi connectivity index (χ2n) is 6.80. The van der Waals surface area contributed by atoms with Crippen molar-refractivity contribution in [2.75, 3.05) is 34.0 Å². The molecule has 0 spiro atoms. The van der Waals surface area contributed by atoms with E-state index in [0.717, 1.165) is 5.56 Å². The predicted octanol–water partition coefficient (Wildman–Crippen LogP) is 2.38. The molecule has 10 nitrogen and oxygen atoms in total. The van der Waals surface area contributed by atoms with Crippen molar-refractivity contribution in [1.82, 2.24) is 25.1 Å². The summed E-state index contributed by atoms with van der Waals surface area (Å²) in [6.45, 7) is 0.383. The van der Waals surface area contributed by atoms with Crippen LogP contribution in [-0.2, 0) is 4.79 Å². The first-order chi connectivity index (χ1) is 16.2.